The lowest BCUT2D eigenvalue weighted by Crippen LogP contribution is -2.30. The van der Waals surface area contributed by atoms with Crippen molar-refractivity contribution >= 4 is 44.4 Å². The number of hydrogen-bond donors (Lipinski definition) is 1. The number of imidazole rings is 1. The highest BCUT2D eigenvalue weighted by atomic mass is 32.2. The van der Waals surface area contributed by atoms with Crippen molar-refractivity contribution < 1.29 is 13.2 Å². The van der Waals surface area contributed by atoms with E-state index in [1.807, 2.05) is 56.5 Å². The third-order valence-electron chi connectivity index (χ3n) is 4.98. The van der Waals surface area contributed by atoms with Gasteiger partial charge in [0, 0.05) is 25.3 Å². The van der Waals surface area contributed by atoms with Crippen LogP contribution in [0.3, 0.4) is 0 Å². The van der Waals surface area contributed by atoms with Crippen molar-refractivity contribution in [2.24, 2.45) is 0 Å². The average molecular weight is 461 g/mol. The van der Waals surface area contributed by atoms with Crippen LogP contribution in [0.15, 0.2) is 52.5 Å². The maximum atomic E-state index is 12.8. The minimum atomic E-state index is -3.55. The lowest BCUT2D eigenvalue weighted by Gasteiger charge is -2.18. The molecule has 0 fully saturated rings. The van der Waals surface area contributed by atoms with E-state index in [4.69, 9.17) is 0 Å². The van der Waals surface area contributed by atoms with Gasteiger partial charge in [-0.1, -0.05) is 37.7 Å². The summed E-state index contributed by atoms with van der Waals surface area (Å²) in [5, 5.41) is 3.59. The first-order valence-electron chi connectivity index (χ1n) is 10.3. The summed E-state index contributed by atoms with van der Waals surface area (Å²) in [5.74, 6) is 0.0945. The second-order valence-corrected chi connectivity index (χ2v) is 9.97. The fourth-order valence-corrected chi connectivity index (χ4v) is 5.78. The molecule has 0 aliphatic rings. The summed E-state index contributed by atoms with van der Waals surface area (Å²) in [7, 11) is -3.55. The van der Waals surface area contributed by atoms with Crippen LogP contribution < -0.4 is 5.32 Å². The number of nitrogens with one attached hydrogen (secondary N) is 1. The van der Waals surface area contributed by atoms with Gasteiger partial charge in [-0.3, -0.25) is 4.79 Å². The second kappa shape index (κ2) is 9.84. The van der Waals surface area contributed by atoms with E-state index in [0.717, 1.165) is 16.8 Å². The van der Waals surface area contributed by atoms with Crippen molar-refractivity contribution in [2.75, 3.05) is 24.2 Å². The minimum absolute atomic E-state index is 0.116. The van der Waals surface area contributed by atoms with Crippen LogP contribution in [-0.2, 0) is 21.4 Å². The number of nitrogens with zero attached hydrogens (tertiary/aromatic N) is 3. The van der Waals surface area contributed by atoms with E-state index in [-0.39, 0.29) is 16.6 Å². The number of benzene rings is 2. The number of hydrogen-bond acceptors (Lipinski definition) is 5. The van der Waals surface area contributed by atoms with E-state index in [2.05, 4.69) is 10.3 Å². The lowest BCUT2D eigenvalue weighted by molar-refractivity contribution is -0.113. The number of fused-ring (bicyclic) bond motifs is 1. The number of carbonyl (C=O) groups excluding carboxylic acids is 1. The number of rotatable bonds is 9. The molecule has 166 valence electrons. The minimum Gasteiger partial charge on any atom is -0.325 e. The van der Waals surface area contributed by atoms with Crippen molar-refractivity contribution in [2.45, 2.75) is 44.3 Å². The van der Waals surface area contributed by atoms with Gasteiger partial charge >= 0.3 is 0 Å². The van der Waals surface area contributed by atoms with E-state index in [1.165, 1.54) is 16.1 Å². The Kier molecular flexibility index (Phi) is 7.40. The first-order chi connectivity index (χ1) is 14.8. The molecule has 3 aromatic rings. The number of carbonyl (C=O) groups is 1. The Morgan fingerprint density at radius 3 is 2.52 bits per heavy atom. The van der Waals surface area contributed by atoms with Crippen LogP contribution in [0.25, 0.3) is 11.0 Å². The fraction of sp³-hybridized carbons (Fsp3) is 0.364. The second-order valence-electron chi connectivity index (χ2n) is 7.08. The number of aromatic nitrogens is 2. The Balaban J connectivity index is 1.82. The molecule has 1 N–H and O–H groups in total. The summed E-state index contributed by atoms with van der Waals surface area (Å²) < 4.78 is 29.1. The highest BCUT2D eigenvalue weighted by Crippen LogP contribution is 2.27. The standard InChI is InChI=1S/C22H28N4O3S2/c1-5-25(6-2)31(28,29)18-11-12-20-19(14-18)24-22(26(20)7-3)30-15-21(27)23-17-10-8-9-16(4)13-17/h8-14H,5-7,15H2,1-4H3,(H,23,27). The lowest BCUT2D eigenvalue weighted by atomic mass is 10.2. The summed E-state index contributed by atoms with van der Waals surface area (Å²) in [6.07, 6.45) is 0. The van der Waals surface area contributed by atoms with Gasteiger partial charge in [0.1, 0.15) is 0 Å². The third-order valence-corrected chi connectivity index (χ3v) is 8.00. The van der Waals surface area contributed by atoms with Crippen molar-refractivity contribution in [3.8, 4) is 0 Å². The van der Waals surface area contributed by atoms with Crippen LogP contribution in [0.5, 0.6) is 0 Å². The molecule has 0 aliphatic heterocycles. The van der Waals surface area contributed by atoms with Gasteiger partial charge < -0.3 is 9.88 Å². The quantitative estimate of drug-likeness (QED) is 0.486. The van der Waals surface area contributed by atoms with E-state index in [1.54, 1.807) is 18.2 Å². The Bertz CT molecular complexity index is 1180. The number of thioether (sulfide) groups is 1. The molecule has 2 aromatic carbocycles. The van der Waals surface area contributed by atoms with Crippen LogP contribution in [0.2, 0.25) is 0 Å². The number of anilines is 1. The van der Waals surface area contributed by atoms with Gasteiger partial charge in [0.25, 0.3) is 0 Å². The summed E-state index contributed by atoms with van der Waals surface area (Å²) in [4.78, 5) is 17.2. The topological polar surface area (TPSA) is 84.3 Å². The largest absolute Gasteiger partial charge is 0.325 e. The molecule has 7 nitrogen and oxygen atoms in total. The predicted molar refractivity (Wildman–Crippen MR) is 126 cm³/mol. The number of aryl methyl sites for hydroxylation is 2. The normalized spacial score (nSPS) is 11.9. The van der Waals surface area contributed by atoms with Crippen LogP contribution in [0, 0.1) is 6.92 Å². The summed E-state index contributed by atoms with van der Waals surface area (Å²) in [6.45, 7) is 9.11. The molecule has 31 heavy (non-hydrogen) atoms. The average Bonchev–Trinajstić information content (AvgIpc) is 3.09. The summed E-state index contributed by atoms with van der Waals surface area (Å²) in [5.41, 5.74) is 3.30. The third kappa shape index (κ3) is 5.11. The van der Waals surface area contributed by atoms with Crippen molar-refractivity contribution in [1.82, 2.24) is 13.9 Å². The monoisotopic (exact) mass is 460 g/mol. The Hall–Kier alpha value is -2.36. The molecule has 1 amide bonds. The number of sulfonamides is 1. The molecule has 0 unspecified atom stereocenters. The molecule has 0 atom stereocenters. The van der Waals surface area contributed by atoms with Crippen LogP contribution in [0.1, 0.15) is 26.3 Å². The predicted octanol–water partition coefficient (Wildman–Crippen LogP) is 4.13. The van der Waals surface area contributed by atoms with E-state index >= 15 is 0 Å². The zero-order valence-corrected chi connectivity index (χ0v) is 19.9. The van der Waals surface area contributed by atoms with Crippen LogP contribution in [0.4, 0.5) is 5.69 Å². The van der Waals surface area contributed by atoms with Gasteiger partial charge in [-0.2, -0.15) is 4.31 Å². The van der Waals surface area contributed by atoms with E-state index in [0.29, 0.717) is 30.3 Å². The van der Waals surface area contributed by atoms with Gasteiger partial charge in [0.05, 0.1) is 21.7 Å². The molecule has 0 aliphatic carbocycles. The molecule has 1 aromatic heterocycles. The maximum Gasteiger partial charge on any atom is 0.243 e. The van der Waals surface area contributed by atoms with Crippen molar-refractivity contribution in [3.05, 3.63) is 48.0 Å². The van der Waals surface area contributed by atoms with Gasteiger partial charge in [-0.05, 0) is 49.7 Å². The molecule has 0 radical (unpaired) electrons. The maximum absolute atomic E-state index is 12.8. The molecule has 3 rings (SSSR count). The first kappa shape index (κ1) is 23.3. The summed E-state index contributed by atoms with van der Waals surface area (Å²) in [6, 6.07) is 12.7. The first-order valence-corrected chi connectivity index (χ1v) is 12.7. The highest BCUT2D eigenvalue weighted by Gasteiger charge is 2.23. The molecule has 9 heteroatoms. The van der Waals surface area contributed by atoms with E-state index < -0.39 is 10.0 Å². The summed E-state index contributed by atoms with van der Waals surface area (Å²) >= 11 is 1.34. The molecule has 0 spiro atoms. The van der Waals surface area contributed by atoms with Crippen LogP contribution in [-0.4, -0.2) is 47.0 Å². The Morgan fingerprint density at radius 2 is 1.87 bits per heavy atom. The van der Waals surface area contributed by atoms with Gasteiger partial charge in [0.15, 0.2) is 5.16 Å². The van der Waals surface area contributed by atoms with Crippen LogP contribution >= 0.6 is 11.8 Å². The molecule has 0 saturated carbocycles. The zero-order chi connectivity index (χ0) is 22.6. The molecule has 0 saturated heterocycles. The Labute approximate surface area is 187 Å². The molecule has 0 bridgehead atoms. The van der Waals surface area contributed by atoms with Gasteiger partial charge in [-0.25, -0.2) is 13.4 Å². The number of amides is 1. The van der Waals surface area contributed by atoms with E-state index in [9.17, 15) is 13.2 Å². The van der Waals surface area contributed by atoms with Crippen molar-refractivity contribution in [1.29, 1.82) is 0 Å². The van der Waals surface area contributed by atoms with Crippen molar-refractivity contribution in [3.63, 3.8) is 0 Å². The van der Waals surface area contributed by atoms with Gasteiger partial charge in [-0.15, -0.1) is 0 Å². The molecular formula is C22H28N4O3S2. The fourth-order valence-electron chi connectivity index (χ4n) is 3.43. The Morgan fingerprint density at radius 1 is 1.13 bits per heavy atom. The SMILES string of the molecule is CCN(CC)S(=O)(=O)c1ccc2c(c1)nc(SCC(=O)Nc1cccc(C)c1)n2CC. The molecule has 1 heterocycles. The zero-order valence-electron chi connectivity index (χ0n) is 18.3. The molecular weight excluding hydrogens is 432 g/mol. The van der Waals surface area contributed by atoms with Gasteiger partial charge in [0.2, 0.25) is 15.9 Å². The highest BCUT2D eigenvalue weighted by molar-refractivity contribution is 7.99. The smallest absolute Gasteiger partial charge is 0.243 e.